The Morgan fingerprint density at radius 2 is 1.70 bits per heavy atom. The number of rotatable bonds is 3. The number of carbonyl (C=O) groups excluding carboxylic acids is 1. The summed E-state index contributed by atoms with van der Waals surface area (Å²) >= 11 is 11.4. The van der Waals surface area contributed by atoms with Crippen molar-refractivity contribution in [3.63, 3.8) is 0 Å². The van der Waals surface area contributed by atoms with Crippen LogP contribution < -0.4 is 4.72 Å². The van der Waals surface area contributed by atoms with Crippen molar-refractivity contribution in [3.05, 3.63) is 58.3 Å². The molecule has 0 saturated carbocycles. The third-order valence-electron chi connectivity index (χ3n) is 2.34. The first kappa shape index (κ1) is 14.8. The van der Waals surface area contributed by atoms with Crippen LogP contribution in [0.25, 0.3) is 0 Å². The molecular weight excluding hydrogens is 323 g/mol. The second-order valence-electron chi connectivity index (χ2n) is 3.72. The van der Waals surface area contributed by atoms with E-state index in [1.807, 2.05) is 4.72 Å². The van der Waals surface area contributed by atoms with E-state index in [4.69, 9.17) is 23.2 Å². The van der Waals surface area contributed by atoms with Gasteiger partial charge < -0.3 is 0 Å². The monoisotopic (exact) mass is 330 g/mol. The van der Waals surface area contributed by atoms with Gasteiger partial charge in [0, 0.05) is 0 Å². The van der Waals surface area contributed by atoms with E-state index in [2.05, 4.69) is 4.98 Å². The molecule has 1 aromatic heterocycles. The van der Waals surface area contributed by atoms with Crippen LogP contribution in [-0.2, 0) is 10.0 Å². The number of carbonyl (C=O) groups is 1. The van der Waals surface area contributed by atoms with Gasteiger partial charge in [0.2, 0.25) is 0 Å². The highest BCUT2D eigenvalue weighted by atomic mass is 35.5. The molecular formula is C12H8Cl2N2O3S. The van der Waals surface area contributed by atoms with Crippen molar-refractivity contribution in [1.29, 1.82) is 0 Å². The van der Waals surface area contributed by atoms with E-state index in [9.17, 15) is 13.2 Å². The highest BCUT2D eigenvalue weighted by Crippen LogP contribution is 2.17. The largest absolute Gasteiger partial charge is 0.268 e. The number of hydrogen-bond donors (Lipinski definition) is 1. The van der Waals surface area contributed by atoms with Gasteiger partial charge in [-0.1, -0.05) is 41.4 Å². The molecule has 1 heterocycles. The number of hydrogen-bond acceptors (Lipinski definition) is 4. The molecule has 0 fully saturated rings. The molecule has 0 atom stereocenters. The normalized spacial score (nSPS) is 11.1. The van der Waals surface area contributed by atoms with Crippen LogP contribution in [0.5, 0.6) is 0 Å². The summed E-state index contributed by atoms with van der Waals surface area (Å²) in [6.07, 6.45) is 0. The maximum absolute atomic E-state index is 12.0. The van der Waals surface area contributed by atoms with E-state index >= 15 is 0 Å². The van der Waals surface area contributed by atoms with Crippen molar-refractivity contribution >= 4 is 39.1 Å². The number of halogens is 2. The molecule has 104 valence electrons. The Morgan fingerprint density at radius 1 is 1.05 bits per heavy atom. The lowest BCUT2D eigenvalue weighted by atomic mass is 10.3. The molecule has 0 spiro atoms. The van der Waals surface area contributed by atoms with Gasteiger partial charge in [-0.3, -0.25) is 4.79 Å². The van der Waals surface area contributed by atoms with Crippen molar-refractivity contribution in [1.82, 2.24) is 9.71 Å². The molecule has 0 saturated heterocycles. The van der Waals surface area contributed by atoms with E-state index < -0.39 is 15.9 Å². The number of nitrogens with one attached hydrogen (secondary N) is 1. The highest BCUT2D eigenvalue weighted by Gasteiger charge is 2.20. The lowest BCUT2D eigenvalue weighted by molar-refractivity contribution is 0.0981. The summed E-state index contributed by atoms with van der Waals surface area (Å²) in [4.78, 5) is 15.6. The summed E-state index contributed by atoms with van der Waals surface area (Å²) in [6, 6.07) is 10.2. The van der Waals surface area contributed by atoms with Crippen LogP contribution in [0, 0.1) is 0 Å². The lowest BCUT2D eigenvalue weighted by Crippen LogP contribution is -2.30. The molecule has 20 heavy (non-hydrogen) atoms. The van der Waals surface area contributed by atoms with Gasteiger partial charge in [0.1, 0.15) is 10.3 Å². The van der Waals surface area contributed by atoms with Crippen molar-refractivity contribution in [3.8, 4) is 0 Å². The molecule has 1 N–H and O–H groups in total. The number of amides is 1. The number of aromatic nitrogens is 1. The number of sulfonamides is 1. The minimum absolute atomic E-state index is 0.0219. The summed E-state index contributed by atoms with van der Waals surface area (Å²) in [5.74, 6) is -0.872. The van der Waals surface area contributed by atoms with Gasteiger partial charge in [-0.2, -0.15) is 0 Å². The standard InChI is InChI=1S/C12H8Cl2N2O3S/c13-10-7-6-9(11(14)15-10)12(17)16-20(18,19)8-4-2-1-3-5-8/h1-7H,(H,16,17). The van der Waals surface area contributed by atoms with E-state index in [0.29, 0.717) is 0 Å². The van der Waals surface area contributed by atoms with E-state index in [1.54, 1.807) is 18.2 Å². The molecule has 1 aromatic carbocycles. The van der Waals surface area contributed by atoms with Crippen LogP contribution in [0.15, 0.2) is 47.4 Å². The summed E-state index contributed by atoms with van der Waals surface area (Å²) in [7, 11) is -3.95. The van der Waals surface area contributed by atoms with Gasteiger partial charge in [0.25, 0.3) is 15.9 Å². The van der Waals surface area contributed by atoms with Crippen molar-refractivity contribution in [2.24, 2.45) is 0 Å². The zero-order valence-corrected chi connectivity index (χ0v) is 12.2. The minimum Gasteiger partial charge on any atom is -0.268 e. The first-order valence-corrected chi connectivity index (χ1v) is 7.58. The van der Waals surface area contributed by atoms with Crippen LogP contribution in [-0.4, -0.2) is 19.3 Å². The van der Waals surface area contributed by atoms with E-state index in [-0.39, 0.29) is 20.8 Å². The van der Waals surface area contributed by atoms with Gasteiger partial charge in [-0.25, -0.2) is 18.1 Å². The molecule has 0 aliphatic rings. The lowest BCUT2D eigenvalue weighted by Gasteiger charge is -2.07. The van der Waals surface area contributed by atoms with Crippen LogP contribution >= 0.6 is 23.2 Å². The van der Waals surface area contributed by atoms with Gasteiger partial charge in [-0.15, -0.1) is 0 Å². The first-order chi connectivity index (χ1) is 9.40. The fourth-order valence-electron chi connectivity index (χ4n) is 1.42. The molecule has 2 rings (SSSR count). The Bertz CT molecular complexity index is 749. The minimum atomic E-state index is -3.95. The Labute approximate surface area is 125 Å². The second kappa shape index (κ2) is 5.78. The molecule has 0 unspecified atom stereocenters. The van der Waals surface area contributed by atoms with Gasteiger partial charge in [0.05, 0.1) is 10.5 Å². The smallest absolute Gasteiger partial charge is 0.268 e. The predicted octanol–water partition coefficient (Wildman–Crippen LogP) is 2.51. The molecule has 0 radical (unpaired) electrons. The van der Waals surface area contributed by atoms with Crippen molar-refractivity contribution in [2.45, 2.75) is 4.90 Å². The van der Waals surface area contributed by atoms with E-state index in [0.717, 1.165) is 0 Å². The number of benzene rings is 1. The molecule has 1 amide bonds. The molecule has 0 bridgehead atoms. The van der Waals surface area contributed by atoms with Gasteiger partial charge >= 0.3 is 0 Å². The van der Waals surface area contributed by atoms with Crippen LogP contribution in [0.4, 0.5) is 0 Å². The van der Waals surface area contributed by atoms with Gasteiger partial charge in [0.15, 0.2) is 0 Å². The van der Waals surface area contributed by atoms with Crippen molar-refractivity contribution < 1.29 is 13.2 Å². The van der Waals surface area contributed by atoms with Gasteiger partial charge in [-0.05, 0) is 24.3 Å². The third kappa shape index (κ3) is 3.27. The fraction of sp³-hybridized carbons (Fsp3) is 0. The second-order valence-corrected chi connectivity index (χ2v) is 6.15. The summed E-state index contributed by atoms with van der Waals surface area (Å²) in [6.45, 7) is 0. The molecule has 5 nitrogen and oxygen atoms in total. The van der Waals surface area contributed by atoms with Crippen molar-refractivity contribution in [2.75, 3.05) is 0 Å². The predicted molar refractivity (Wildman–Crippen MR) is 75.4 cm³/mol. The van der Waals surface area contributed by atoms with E-state index in [1.165, 1.54) is 24.3 Å². The quantitative estimate of drug-likeness (QED) is 0.877. The van der Waals surface area contributed by atoms with Crippen LogP contribution in [0.3, 0.4) is 0 Å². The number of pyridine rings is 1. The molecule has 0 aliphatic carbocycles. The Kier molecular flexibility index (Phi) is 4.27. The molecule has 0 aliphatic heterocycles. The Hall–Kier alpha value is -1.63. The topological polar surface area (TPSA) is 76.1 Å². The SMILES string of the molecule is O=C(NS(=O)(=O)c1ccccc1)c1ccc(Cl)nc1Cl. The first-order valence-electron chi connectivity index (χ1n) is 5.34. The zero-order valence-electron chi connectivity index (χ0n) is 9.88. The van der Waals surface area contributed by atoms with Crippen LogP contribution in [0.1, 0.15) is 10.4 Å². The molecule has 2 aromatic rings. The summed E-state index contributed by atoms with van der Waals surface area (Å²) < 4.78 is 25.9. The average Bonchev–Trinajstić information content (AvgIpc) is 2.39. The van der Waals surface area contributed by atoms with Crippen LogP contribution in [0.2, 0.25) is 10.3 Å². The number of nitrogens with zero attached hydrogens (tertiary/aromatic N) is 1. The third-order valence-corrected chi connectivity index (χ3v) is 4.19. The Morgan fingerprint density at radius 3 is 2.30 bits per heavy atom. The maximum atomic E-state index is 12.0. The Balaban J connectivity index is 2.28. The molecule has 8 heteroatoms. The zero-order chi connectivity index (χ0) is 14.8. The maximum Gasteiger partial charge on any atom is 0.268 e. The summed E-state index contributed by atoms with van der Waals surface area (Å²) in [5.41, 5.74) is -0.0735. The fourth-order valence-corrected chi connectivity index (χ4v) is 2.84. The average molecular weight is 331 g/mol. The summed E-state index contributed by atoms with van der Waals surface area (Å²) in [5, 5.41) is -0.0595. The highest BCUT2D eigenvalue weighted by molar-refractivity contribution is 7.90.